The fourth-order valence-corrected chi connectivity index (χ4v) is 3.07. The third-order valence-corrected chi connectivity index (χ3v) is 4.28. The maximum Gasteiger partial charge on any atom is 0.227 e. The molecule has 1 amide bonds. The predicted octanol–water partition coefficient (Wildman–Crippen LogP) is 2.76. The molecule has 0 spiro atoms. The summed E-state index contributed by atoms with van der Waals surface area (Å²) in [6, 6.07) is 14.1. The number of para-hydroxylation sites is 2. The number of carbonyl (C=O) groups excluding carboxylic acids is 1. The zero-order valence-corrected chi connectivity index (χ0v) is 12.6. The molecular formula is C18H16FN3O. The van der Waals surface area contributed by atoms with Gasteiger partial charge < -0.3 is 9.47 Å². The first-order valence-corrected chi connectivity index (χ1v) is 7.67. The second kappa shape index (κ2) is 5.50. The number of hydrogen-bond acceptors (Lipinski definition) is 2. The van der Waals surface area contributed by atoms with E-state index in [9.17, 15) is 9.18 Å². The number of hydrogen-bond donors (Lipinski definition) is 0. The number of halogens is 1. The lowest BCUT2D eigenvalue weighted by Gasteiger charge is -2.28. The van der Waals surface area contributed by atoms with E-state index in [0.29, 0.717) is 19.5 Å². The van der Waals surface area contributed by atoms with Crippen molar-refractivity contribution >= 4 is 16.9 Å². The van der Waals surface area contributed by atoms with Crippen molar-refractivity contribution in [2.24, 2.45) is 0 Å². The summed E-state index contributed by atoms with van der Waals surface area (Å²) >= 11 is 0. The van der Waals surface area contributed by atoms with Crippen molar-refractivity contribution < 1.29 is 9.18 Å². The highest BCUT2D eigenvalue weighted by molar-refractivity contribution is 5.80. The Morgan fingerprint density at radius 2 is 1.87 bits per heavy atom. The van der Waals surface area contributed by atoms with Crippen molar-refractivity contribution in [3.8, 4) is 0 Å². The average Bonchev–Trinajstić information content (AvgIpc) is 2.94. The summed E-state index contributed by atoms with van der Waals surface area (Å²) in [4.78, 5) is 18.9. The summed E-state index contributed by atoms with van der Waals surface area (Å²) in [5, 5.41) is 0. The number of imidazole rings is 1. The predicted molar refractivity (Wildman–Crippen MR) is 85.3 cm³/mol. The monoisotopic (exact) mass is 309 g/mol. The summed E-state index contributed by atoms with van der Waals surface area (Å²) in [5.41, 5.74) is 2.92. The molecule has 0 saturated heterocycles. The Morgan fingerprint density at radius 3 is 2.70 bits per heavy atom. The molecule has 0 unspecified atom stereocenters. The van der Waals surface area contributed by atoms with Crippen LogP contribution in [0, 0.1) is 5.82 Å². The lowest BCUT2D eigenvalue weighted by atomic mass is 10.1. The molecule has 0 atom stereocenters. The van der Waals surface area contributed by atoms with E-state index in [-0.39, 0.29) is 11.7 Å². The summed E-state index contributed by atoms with van der Waals surface area (Å²) < 4.78 is 15.1. The van der Waals surface area contributed by atoms with Crippen molar-refractivity contribution in [2.75, 3.05) is 6.54 Å². The van der Waals surface area contributed by atoms with Gasteiger partial charge in [0.05, 0.1) is 24.0 Å². The van der Waals surface area contributed by atoms with Gasteiger partial charge in [-0.15, -0.1) is 0 Å². The molecule has 0 bridgehead atoms. The molecule has 3 aromatic rings. The molecule has 0 fully saturated rings. The summed E-state index contributed by atoms with van der Waals surface area (Å²) in [6.45, 7) is 1.95. The zero-order chi connectivity index (χ0) is 15.8. The number of amides is 1. The first-order chi connectivity index (χ1) is 11.2. The van der Waals surface area contributed by atoms with E-state index >= 15 is 0 Å². The highest BCUT2D eigenvalue weighted by Gasteiger charge is 2.23. The molecule has 23 heavy (non-hydrogen) atoms. The number of carbonyl (C=O) groups is 1. The van der Waals surface area contributed by atoms with Gasteiger partial charge in [-0.2, -0.15) is 0 Å². The van der Waals surface area contributed by atoms with Crippen LogP contribution >= 0.6 is 0 Å². The van der Waals surface area contributed by atoms with Crippen LogP contribution in [0.3, 0.4) is 0 Å². The van der Waals surface area contributed by atoms with Gasteiger partial charge in [0.2, 0.25) is 5.91 Å². The number of nitrogens with zero attached hydrogens (tertiary/aromatic N) is 3. The fourth-order valence-electron chi connectivity index (χ4n) is 3.07. The van der Waals surface area contributed by atoms with Gasteiger partial charge in [0.25, 0.3) is 0 Å². The topological polar surface area (TPSA) is 38.1 Å². The fraction of sp³-hybridized carbons (Fsp3) is 0.222. The molecule has 1 aromatic heterocycles. The highest BCUT2D eigenvalue weighted by atomic mass is 19.1. The normalized spacial score (nSPS) is 14.0. The largest absolute Gasteiger partial charge is 0.333 e. The van der Waals surface area contributed by atoms with E-state index in [1.165, 1.54) is 12.1 Å². The van der Waals surface area contributed by atoms with Crippen LogP contribution in [-0.2, 0) is 24.3 Å². The number of fused-ring (bicyclic) bond motifs is 3. The maximum absolute atomic E-state index is 12.9. The second-order valence-electron chi connectivity index (χ2n) is 5.79. The Hall–Kier alpha value is -2.69. The molecule has 0 saturated carbocycles. The van der Waals surface area contributed by atoms with Crippen LogP contribution in [0.2, 0.25) is 0 Å². The molecule has 2 aromatic carbocycles. The molecule has 0 aliphatic carbocycles. The Kier molecular flexibility index (Phi) is 3.33. The van der Waals surface area contributed by atoms with Crippen molar-refractivity contribution in [2.45, 2.75) is 19.5 Å². The molecule has 4 rings (SSSR count). The minimum absolute atomic E-state index is 0.0508. The van der Waals surface area contributed by atoms with Gasteiger partial charge in [-0.25, -0.2) is 9.37 Å². The second-order valence-corrected chi connectivity index (χ2v) is 5.79. The molecule has 1 aliphatic rings. The molecule has 116 valence electrons. The molecule has 0 N–H and O–H groups in total. The minimum atomic E-state index is -0.284. The quantitative estimate of drug-likeness (QED) is 0.730. The third-order valence-electron chi connectivity index (χ3n) is 4.28. The Bertz CT molecular complexity index is 870. The Labute approximate surface area is 133 Å². The molecule has 1 aliphatic heterocycles. The van der Waals surface area contributed by atoms with Crippen molar-refractivity contribution in [3.63, 3.8) is 0 Å². The molecule has 5 heteroatoms. The van der Waals surface area contributed by atoms with Gasteiger partial charge in [0, 0.05) is 13.1 Å². The zero-order valence-electron chi connectivity index (χ0n) is 12.6. The van der Waals surface area contributed by atoms with Crippen LogP contribution < -0.4 is 0 Å². The third kappa shape index (κ3) is 2.59. The van der Waals surface area contributed by atoms with Gasteiger partial charge in [0.15, 0.2) is 0 Å². The van der Waals surface area contributed by atoms with E-state index in [0.717, 1.165) is 29.0 Å². The van der Waals surface area contributed by atoms with E-state index < -0.39 is 0 Å². The summed E-state index contributed by atoms with van der Waals surface area (Å²) in [7, 11) is 0. The smallest absolute Gasteiger partial charge is 0.227 e. The van der Waals surface area contributed by atoms with Gasteiger partial charge >= 0.3 is 0 Å². The van der Waals surface area contributed by atoms with Crippen LogP contribution in [0.25, 0.3) is 11.0 Å². The van der Waals surface area contributed by atoms with E-state index in [2.05, 4.69) is 15.6 Å². The maximum atomic E-state index is 12.9. The van der Waals surface area contributed by atoms with E-state index in [1.54, 1.807) is 12.1 Å². The summed E-state index contributed by atoms with van der Waals surface area (Å²) in [6.07, 6.45) is 0.292. The Morgan fingerprint density at radius 1 is 1.09 bits per heavy atom. The molecule has 0 radical (unpaired) electrons. The molecule has 4 nitrogen and oxygen atoms in total. The van der Waals surface area contributed by atoms with Gasteiger partial charge in [-0.05, 0) is 29.8 Å². The number of benzene rings is 2. The van der Waals surface area contributed by atoms with Crippen LogP contribution in [0.1, 0.15) is 11.4 Å². The standard InChI is InChI=1S/C18H16FN3O/c19-14-7-5-13(6-8-14)11-18(23)21-9-10-22-16-4-2-1-3-15(16)20-17(22)12-21/h1-8H,9-12H2. The van der Waals surface area contributed by atoms with Gasteiger partial charge in [-0.1, -0.05) is 24.3 Å². The van der Waals surface area contributed by atoms with Crippen molar-refractivity contribution in [1.29, 1.82) is 0 Å². The molecular weight excluding hydrogens is 293 g/mol. The number of rotatable bonds is 2. The highest BCUT2D eigenvalue weighted by Crippen LogP contribution is 2.21. The summed E-state index contributed by atoms with van der Waals surface area (Å²) in [5.74, 6) is 0.688. The van der Waals surface area contributed by atoms with Gasteiger partial charge in [0.1, 0.15) is 11.6 Å². The van der Waals surface area contributed by atoms with Crippen LogP contribution in [-0.4, -0.2) is 26.9 Å². The van der Waals surface area contributed by atoms with Gasteiger partial charge in [-0.3, -0.25) is 4.79 Å². The SMILES string of the molecule is O=C(Cc1ccc(F)cc1)N1CCn2c(nc3ccccc32)C1. The van der Waals surface area contributed by atoms with E-state index in [4.69, 9.17) is 0 Å². The lowest BCUT2D eigenvalue weighted by Crippen LogP contribution is -2.39. The average molecular weight is 309 g/mol. The Balaban J connectivity index is 1.53. The first kappa shape index (κ1) is 13.9. The van der Waals surface area contributed by atoms with Crippen LogP contribution in [0.4, 0.5) is 4.39 Å². The molecule has 2 heterocycles. The van der Waals surface area contributed by atoms with Crippen LogP contribution in [0.5, 0.6) is 0 Å². The lowest BCUT2D eigenvalue weighted by molar-refractivity contribution is -0.131. The van der Waals surface area contributed by atoms with E-state index in [1.807, 2.05) is 23.1 Å². The minimum Gasteiger partial charge on any atom is -0.333 e. The van der Waals surface area contributed by atoms with Crippen molar-refractivity contribution in [1.82, 2.24) is 14.5 Å². The van der Waals surface area contributed by atoms with Crippen molar-refractivity contribution in [3.05, 3.63) is 65.7 Å². The van der Waals surface area contributed by atoms with Crippen LogP contribution in [0.15, 0.2) is 48.5 Å². The first-order valence-electron chi connectivity index (χ1n) is 7.67. The number of aromatic nitrogens is 2.